The van der Waals surface area contributed by atoms with E-state index in [2.05, 4.69) is 75.1 Å². The highest BCUT2D eigenvalue weighted by Crippen LogP contribution is 2.32. The number of rotatable bonds is 14. The Labute approximate surface area is 191 Å². The van der Waals surface area contributed by atoms with Crippen LogP contribution in [0.5, 0.6) is 0 Å². The maximum absolute atomic E-state index is 12.3. The van der Waals surface area contributed by atoms with Gasteiger partial charge in [0.05, 0.1) is 5.54 Å². The van der Waals surface area contributed by atoms with Crippen molar-refractivity contribution >= 4 is 33.0 Å². The van der Waals surface area contributed by atoms with Gasteiger partial charge in [-0.3, -0.25) is 4.79 Å². The third kappa shape index (κ3) is 7.44. The van der Waals surface area contributed by atoms with Crippen LogP contribution in [0.15, 0.2) is 60.7 Å². The van der Waals surface area contributed by atoms with E-state index in [4.69, 9.17) is 4.12 Å². The van der Waals surface area contributed by atoms with E-state index in [1.807, 2.05) is 12.1 Å². The number of aliphatic carboxylic acids is 1. The minimum absolute atomic E-state index is 0.387. The van der Waals surface area contributed by atoms with Crippen LogP contribution < -0.4 is 10.4 Å². The fourth-order valence-corrected chi connectivity index (χ4v) is 13.7. The molecule has 0 aliphatic carbocycles. The average Bonchev–Trinajstić information content (AvgIpc) is 2.76. The van der Waals surface area contributed by atoms with Crippen molar-refractivity contribution in [3.8, 4) is 0 Å². The third-order valence-corrected chi connectivity index (χ3v) is 15.2. The second-order valence-corrected chi connectivity index (χ2v) is 17.2. The molecule has 0 radical (unpaired) electrons. The average molecular weight is 457 g/mol. The van der Waals surface area contributed by atoms with Gasteiger partial charge in [0.1, 0.15) is 0 Å². The van der Waals surface area contributed by atoms with Gasteiger partial charge in [0.2, 0.25) is 8.32 Å². The molecule has 2 aromatic carbocycles. The summed E-state index contributed by atoms with van der Waals surface area (Å²) in [6.07, 6.45) is 9.11. The van der Waals surface area contributed by atoms with Crippen LogP contribution in [0.3, 0.4) is 0 Å². The van der Waals surface area contributed by atoms with Crippen LogP contribution in [0.1, 0.15) is 58.3 Å². The van der Waals surface area contributed by atoms with Crippen molar-refractivity contribution in [3.05, 3.63) is 60.7 Å². The molecule has 1 N–H and O–H groups in total. The molecule has 0 aromatic heterocycles. The molecule has 0 heterocycles. The first kappa shape index (κ1) is 25.6. The molecule has 0 aliphatic rings. The molecule has 1 atom stereocenters. The lowest BCUT2D eigenvalue weighted by Crippen LogP contribution is -2.64. The van der Waals surface area contributed by atoms with Crippen LogP contribution in [0, 0.1) is 0 Å². The Morgan fingerprint density at radius 3 is 1.71 bits per heavy atom. The Hall–Kier alpha value is -1.70. The molecule has 0 bridgehead atoms. The standard InChI is InChI=1S/C26H40O3Si2/c1-5-6-7-8-9-10-17-22-25(26(27)28)30(2,3)29-31(4,23-18-13-11-14-19-23)24-20-15-12-16-21-24/h11-16,18-21,25H,5-10,17,22H2,1-4H3,(H,27,28). The van der Waals surface area contributed by atoms with Crippen molar-refractivity contribution in [1.82, 2.24) is 0 Å². The number of carboxylic acids is 1. The minimum atomic E-state index is -2.52. The SMILES string of the molecule is CCCCCCCCCC(C(=O)O)[Si](C)(C)O[Si](C)(c1ccccc1)c1ccccc1. The van der Waals surface area contributed by atoms with Gasteiger partial charge in [-0.2, -0.15) is 0 Å². The summed E-state index contributed by atoms with van der Waals surface area (Å²) in [5.41, 5.74) is -0.387. The summed E-state index contributed by atoms with van der Waals surface area (Å²) in [7, 11) is -5.03. The molecule has 1 unspecified atom stereocenters. The fourth-order valence-electron chi connectivity index (χ4n) is 4.47. The lowest BCUT2D eigenvalue weighted by atomic mass is 10.1. The van der Waals surface area contributed by atoms with Crippen LogP contribution in [-0.4, -0.2) is 27.7 Å². The van der Waals surface area contributed by atoms with Crippen molar-refractivity contribution in [3.63, 3.8) is 0 Å². The highest BCUT2D eigenvalue weighted by molar-refractivity contribution is 7.02. The summed E-state index contributed by atoms with van der Waals surface area (Å²) in [4.78, 5) is 12.3. The summed E-state index contributed by atoms with van der Waals surface area (Å²) in [5.74, 6) is -0.694. The van der Waals surface area contributed by atoms with E-state index >= 15 is 0 Å². The summed E-state index contributed by atoms with van der Waals surface area (Å²) >= 11 is 0. The second-order valence-electron chi connectivity index (χ2n) is 9.27. The summed E-state index contributed by atoms with van der Waals surface area (Å²) in [5, 5.41) is 12.5. The van der Waals surface area contributed by atoms with E-state index in [-0.39, 0.29) is 5.54 Å². The Morgan fingerprint density at radius 2 is 1.26 bits per heavy atom. The molecule has 0 spiro atoms. The lowest BCUT2D eigenvalue weighted by molar-refractivity contribution is -0.137. The van der Waals surface area contributed by atoms with Gasteiger partial charge in [0.25, 0.3) is 0 Å². The largest absolute Gasteiger partial charge is 0.481 e. The number of carbonyl (C=O) groups is 1. The topological polar surface area (TPSA) is 46.5 Å². The van der Waals surface area contributed by atoms with Gasteiger partial charge in [-0.15, -0.1) is 0 Å². The molecule has 2 aromatic rings. The normalized spacial score (nSPS) is 13.2. The molecular formula is C26H40O3Si2. The zero-order valence-corrected chi connectivity index (χ0v) is 21.8. The number of unbranched alkanes of at least 4 members (excludes halogenated alkanes) is 6. The van der Waals surface area contributed by atoms with Crippen LogP contribution in [0.2, 0.25) is 25.2 Å². The highest BCUT2D eigenvalue weighted by Gasteiger charge is 2.46. The van der Waals surface area contributed by atoms with Gasteiger partial charge in [-0.25, -0.2) is 0 Å². The zero-order valence-electron chi connectivity index (χ0n) is 19.8. The Morgan fingerprint density at radius 1 is 0.806 bits per heavy atom. The molecule has 2 rings (SSSR count). The first-order valence-electron chi connectivity index (χ1n) is 11.9. The molecule has 3 nitrogen and oxygen atoms in total. The number of benzene rings is 2. The van der Waals surface area contributed by atoms with Crippen molar-refractivity contribution in [1.29, 1.82) is 0 Å². The quantitative estimate of drug-likeness (QED) is 0.272. The van der Waals surface area contributed by atoms with Crippen LogP contribution in [-0.2, 0) is 8.91 Å². The summed E-state index contributed by atoms with van der Waals surface area (Å²) in [6.45, 7) is 8.65. The van der Waals surface area contributed by atoms with Crippen molar-refractivity contribution in [2.24, 2.45) is 0 Å². The van der Waals surface area contributed by atoms with E-state index in [9.17, 15) is 9.90 Å². The van der Waals surface area contributed by atoms with E-state index in [1.165, 1.54) is 42.5 Å². The fraction of sp³-hybridized carbons (Fsp3) is 0.500. The van der Waals surface area contributed by atoms with Crippen LogP contribution >= 0.6 is 0 Å². The Bertz CT molecular complexity index is 738. The molecular weight excluding hydrogens is 416 g/mol. The molecule has 0 amide bonds. The molecule has 0 saturated heterocycles. The number of hydrogen-bond donors (Lipinski definition) is 1. The van der Waals surface area contributed by atoms with Gasteiger partial charge in [0.15, 0.2) is 8.32 Å². The minimum Gasteiger partial charge on any atom is -0.481 e. The maximum Gasteiger partial charge on any atom is 0.306 e. The molecule has 0 aliphatic heterocycles. The predicted octanol–water partition coefficient (Wildman–Crippen LogP) is 6.19. The smallest absolute Gasteiger partial charge is 0.306 e. The summed E-state index contributed by atoms with van der Waals surface area (Å²) < 4.78 is 7.03. The maximum atomic E-state index is 12.3. The van der Waals surface area contributed by atoms with Gasteiger partial charge in [0, 0.05) is 0 Å². The monoisotopic (exact) mass is 456 g/mol. The number of carboxylic acid groups (broad SMARTS) is 1. The molecule has 170 valence electrons. The molecule has 0 fully saturated rings. The second kappa shape index (κ2) is 12.4. The third-order valence-electron chi connectivity index (χ3n) is 6.35. The first-order valence-corrected chi connectivity index (χ1v) is 17.2. The zero-order chi connectivity index (χ0) is 22.7. The highest BCUT2D eigenvalue weighted by atomic mass is 28.4. The first-order chi connectivity index (χ1) is 14.8. The number of hydrogen-bond acceptors (Lipinski definition) is 2. The van der Waals surface area contributed by atoms with Crippen molar-refractivity contribution in [2.75, 3.05) is 0 Å². The van der Waals surface area contributed by atoms with Crippen molar-refractivity contribution < 1.29 is 14.0 Å². The van der Waals surface area contributed by atoms with Crippen molar-refractivity contribution in [2.45, 2.75) is 83.5 Å². The Balaban J connectivity index is 2.16. The molecule has 0 saturated carbocycles. The van der Waals surface area contributed by atoms with E-state index in [1.54, 1.807) is 0 Å². The molecule has 5 heteroatoms. The molecule has 31 heavy (non-hydrogen) atoms. The van der Waals surface area contributed by atoms with Gasteiger partial charge in [-0.05, 0) is 36.4 Å². The van der Waals surface area contributed by atoms with E-state index in [0.717, 1.165) is 19.3 Å². The van der Waals surface area contributed by atoms with Crippen LogP contribution in [0.25, 0.3) is 0 Å². The lowest BCUT2D eigenvalue weighted by Gasteiger charge is -2.40. The van der Waals surface area contributed by atoms with E-state index in [0.29, 0.717) is 0 Å². The Kier molecular flexibility index (Phi) is 10.2. The van der Waals surface area contributed by atoms with Crippen LogP contribution in [0.4, 0.5) is 0 Å². The van der Waals surface area contributed by atoms with Gasteiger partial charge < -0.3 is 9.22 Å². The van der Waals surface area contributed by atoms with Gasteiger partial charge in [-0.1, -0.05) is 113 Å². The summed E-state index contributed by atoms with van der Waals surface area (Å²) in [6, 6.07) is 20.8. The predicted molar refractivity (Wildman–Crippen MR) is 136 cm³/mol. The van der Waals surface area contributed by atoms with E-state index < -0.39 is 22.6 Å². The van der Waals surface area contributed by atoms with Gasteiger partial charge >= 0.3 is 5.97 Å².